The summed E-state index contributed by atoms with van der Waals surface area (Å²) < 4.78 is 0. The molecule has 124 valence electrons. The van der Waals surface area contributed by atoms with E-state index in [-0.39, 0.29) is 0 Å². The summed E-state index contributed by atoms with van der Waals surface area (Å²) in [6.07, 6.45) is 0. The monoisotopic (exact) mass is 346 g/mol. The maximum absolute atomic E-state index is 5.46. The Labute approximate surface area is 153 Å². The number of thiocarbonyl (C=S) groups is 1. The fraction of sp³-hybridized carbons (Fsp3) is 0.0476. The minimum absolute atomic E-state index is 0.575. The molecule has 0 aromatic heterocycles. The molecule has 4 heteroatoms. The fourth-order valence-corrected chi connectivity index (χ4v) is 2.56. The molecule has 0 spiro atoms. The third kappa shape index (κ3) is 5.26. The predicted molar refractivity (Wildman–Crippen MR) is 107 cm³/mol. The molecule has 3 aromatic rings. The van der Waals surface area contributed by atoms with Crippen molar-refractivity contribution in [3.05, 3.63) is 102 Å². The maximum atomic E-state index is 5.46. The molecule has 0 bridgehead atoms. The molecule has 3 nitrogen and oxygen atoms in total. The summed E-state index contributed by atoms with van der Waals surface area (Å²) in [6.45, 7) is 0.681. The molecule has 0 aliphatic carbocycles. The van der Waals surface area contributed by atoms with E-state index >= 15 is 0 Å². The summed E-state index contributed by atoms with van der Waals surface area (Å²) in [5.41, 5.74) is 3.22. The van der Waals surface area contributed by atoms with Gasteiger partial charge in [-0.1, -0.05) is 66.7 Å². The number of amidine groups is 1. The van der Waals surface area contributed by atoms with Crippen molar-refractivity contribution in [1.82, 2.24) is 5.32 Å². The number of para-hydroxylation sites is 1. The molecule has 0 atom stereocenters. The molecule has 0 heterocycles. The van der Waals surface area contributed by atoms with Crippen molar-refractivity contribution in [2.75, 3.05) is 5.32 Å². The van der Waals surface area contributed by atoms with Crippen LogP contribution in [0, 0.1) is 0 Å². The van der Waals surface area contributed by atoms with E-state index in [9.17, 15) is 0 Å². The van der Waals surface area contributed by atoms with E-state index in [1.54, 1.807) is 0 Å². The van der Waals surface area contributed by atoms with Crippen molar-refractivity contribution < 1.29 is 4.99 Å². The Hall–Kier alpha value is -2.98. The van der Waals surface area contributed by atoms with Crippen LogP contribution in [0.25, 0.3) is 0 Å². The van der Waals surface area contributed by atoms with Crippen LogP contribution in [0.1, 0.15) is 11.1 Å². The van der Waals surface area contributed by atoms with Gasteiger partial charge in [0.05, 0.1) is 12.2 Å². The second-order valence-electron chi connectivity index (χ2n) is 5.53. The maximum Gasteiger partial charge on any atom is 0.288 e. The van der Waals surface area contributed by atoms with Gasteiger partial charge in [-0.05, 0) is 42.0 Å². The lowest BCUT2D eigenvalue weighted by atomic mass is 10.2. The van der Waals surface area contributed by atoms with Crippen LogP contribution < -0.4 is 15.6 Å². The van der Waals surface area contributed by atoms with Gasteiger partial charge in [0.15, 0.2) is 0 Å². The SMILES string of the molecule is S=C(NCc1ccccc1)/[NH+]=C(\Nc1ccccc1)c1ccccc1. The topological polar surface area (TPSA) is 38.0 Å². The van der Waals surface area contributed by atoms with Crippen LogP contribution in [-0.2, 0) is 6.54 Å². The van der Waals surface area contributed by atoms with Crippen LogP contribution in [0.2, 0.25) is 0 Å². The molecule has 0 amide bonds. The number of anilines is 1. The minimum atomic E-state index is 0.575. The van der Waals surface area contributed by atoms with Crippen LogP contribution in [0.3, 0.4) is 0 Å². The zero-order valence-corrected chi connectivity index (χ0v) is 14.6. The highest BCUT2D eigenvalue weighted by molar-refractivity contribution is 7.79. The highest BCUT2D eigenvalue weighted by Crippen LogP contribution is 2.07. The first-order valence-electron chi connectivity index (χ1n) is 8.14. The van der Waals surface area contributed by atoms with Crippen LogP contribution in [-0.4, -0.2) is 10.9 Å². The minimum Gasteiger partial charge on any atom is -0.292 e. The van der Waals surface area contributed by atoms with E-state index in [2.05, 4.69) is 27.8 Å². The quantitative estimate of drug-likeness (QED) is 0.386. The summed E-state index contributed by atoms with van der Waals surface area (Å²) in [7, 11) is 0. The summed E-state index contributed by atoms with van der Waals surface area (Å²) in [5.74, 6) is 0.845. The zero-order valence-electron chi connectivity index (χ0n) is 13.8. The van der Waals surface area contributed by atoms with Gasteiger partial charge in [0.1, 0.15) is 0 Å². The van der Waals surface area contributed by atoms with E-state index in [0.29, 0.717) is 11.7 Å². The van der Waals surface area contributed by atoms with Gasteiger partial charge < -0.3 is 0 Å². The molecule has 0 aliphatic heterocycles. The number of benzene rings is 3. The van der Waals surface area contributed by atoms with Gasteiger partial charge in [0.2, 0.25) is 5.84 Å². The van der Waals surface area contributed by atoms with E-state index < -0.39 is 0 Å². The van der Waals surface area contributed by atoms with Gasteiger partial charge in [-0.2, -0.15) is 0 Å². The van der Waals surface area contributed by atoms with Gasteiger partial charge in [0.25, 0.3) is 5.11 Å². The van der Waals surface area contributed by atoms with Crippen molar-refractivity contribution in [1.29, 1.82) is 0 Å². The molecule has 0 radical (unpaired) electrons. The first-order chi connectivity index (χ1) is 12.3. The summed E-state index contributed by atoms with van der Waals surface area (Å²) in [4.78, 5) is 3.28. The van der Waals surface area contributed by atoms with Gasteiger partial charge in [-0.15, -0.1) is 0 Å². The molecule has 0 saturated heterocycles. The lowest BCUT2D eigenvalue weighted by molar-refractivity contribution is -0.315. The Bertz CT molecular complexity index is 831. The third-order valence-corrected chi connectivity index (χ3v) is 3.89. The molecule has 25 heavy (non-hydrogen) atoms. The molecule has 3 N–H and O–H groups in total. The lowest BCUT2D eigenvalue weighted by Gasteiger charge is -2.07. The molecular formula is C21H20N3S+. The van der Waals surface area contributed by atoms with Crippen LogP contribution in [0.5, 0.6) is 0 Å². The highest BCUT2D eigenvalue weighted by atomic mass is 32.1. The van der Waals surface area contributed by atoms with Crippen molar-refractivity contribution in [2.45, 2.75) is 6.54 Å². The number of nitrogens with one attached hydrogen (secondary N) is 3. The van der Waals surface area contributed by atoms with Gasteiger partial charge in [0, 0.05) is 5.56 Å². The number of hydrogen-bond acceptors (Lipinski definition) is 1. The Kier molecular flexibility index (Phi) is 5.91. The van der Waals surface area contributed by atoms with Gasteiger partial charge >= 0.3 is 0 Å². The molecule has 3 aromatic carbocycles. The standard InChI is InChI=1S/C21H19N3S/c25-21(22-16-17-10-4-1-5-11-17)24-20(18-12-6-2-7-13-18)23-19-14-8-3-9-15-19/h1-15H,16H2,(H2,22,23,24,25)/p+1. The average molecular weight is 346 g/mol. The van der Waals surface area contributed by atoms with Crippen LogP contribution in [0.4, 0.5) is 5.69 Å². The highest BCUT2D eigenvalue weighted by Gasteiger charge is 2.10. The molecule has 0 aliphatic rings. The Morgan fingerprint density at radius 1 is 0.760 bits per heavy atom. The van der Waals surface area contributed by atoms with Crippen LogP contribution in [0.15, 0.2) is 91.0 Å². The predicted octanol–water partition coefficient (Wildman–Crippen LogP) is 2.70. The Morgan fingerprint density at radius 2 is 1.32 bits per heavy atom. The molecular weight excluding hydrogens is 326 g/mol. The van der Waals surface area contributed by atoms with Crippen molar-refractivity contribution >= 4 is 28.9 Å². The second kappa shape index (κ2) is 8.76. The largest absolute Gasteiger partial charge is 0.292 e. The zero-order chi connectivity index (χ0) is 17.3. The summed E-state index contributed by atoms with van der Waals surface area (Å²) >= 11 is 5.46. The molecule has 3 rings (SSSR count). The third-order valence-electron chi connectivity index (χ3n) is 3.64. The van der Waals surface area contributed by atoms with E-state index in [0.717, 1.165) is 17.1 Å². The lowest BCUT2D eigenvalue weighted by Crippen LogP contribution is -2.81. The first-order valence-corrected chi connectivity index (χ1v) is 8.55. The molecule has 0 saturated carbocycles. The first kappa shape index (κ1) is 16.9. The molecule has 0 fully saturated rings. The summed E-state index contributed by atoms with van der Waals surface area (Å²) in [5, 5.41) is 7.22. The Balaban J connectivity index is 1.76. The van der Waals surface area contributed by atoms with E-state index in [4.69, 9.17) is 12.2 Å². The van der Waals surface area contributed by atoms with Crippen LogP contribution >= 0.6 is 12.2 Å². The van der Waals surface area contributed by atoms with Crippen molar-refractivity contribution in [3.63, 3.8) is 0 Å². The Morgan fingerprint density at radius 3 is 1.96 bits per heavy atom. The fourth-order valence-electron chi connectivity index (χ4n) is 2.38. The van der Waals surface area contributed by atoms with Crippen molar-refractivity contribution in [2.24, 2.45) is 0 Å². The van der Waals surface area contributed by atoms with Gasteiger partial charge in [-0.3, -0.25) is 10.6 Å². The molecule has 0 unspecified atom stereocenters. The summed E-state index contributed by atoms with van der Waals surface area (Å²) in [6, 6.07) is 30.3. The number of hydrogen-bond donors (Lipinski definition) is 3. The normalized spacial score (nSPS) is 11.0. The van der Waals surface area contributed by atoms with E-state index in [1.165, 1.54) is 5.56 Å². The van der Waals surface area contributed by atoms with E-state index in [1.807, 2.05) is 78.9 Å². The average Bonchev–Trinajstić information content (AvgIpc) is 2.68. The smallest absolute Gasteiger partial charge is 0.288 e. The van der Waals surface area contributed by atoms with Crippen molar-refractivity contribution in [3.8, 4) is 0 Å². The van der Waals surface area contributed by atoms with Gasteiger partial charge in [-0.25, -0.2) is 4.99 Å². The number of rotatable bonds is 4. The second-order valence-corrected chi connectivity index (χ2v) is 5.93.